The zero-order chi connectivity index (χ0) is 25.1. The summed E-state index contributed by atoms with van der Waals surface area (Å²) in [5.41, 5.74) is 9.37. The van der Waals surface area contributed by atoms with E-state index >= 15 is 0 Å². The summed E-state index contributed by atoms with van der Waals surface area (Å²) < 4.78 is 1.59. The summed E-state index contributed by atoms with van der Waals surface area (Å²) in [6.45, 7) is 5.40. The number of aromatic nitrogens is 2. The summed E-state index contributed by atoms with van der Waals surface area (Å²) >= 11 is 0. The van der Waals surface area contributed by atoms with Gasteiger partial charge in [-0.1, -0.05) is 12.1 Å². The Kier molecular flexibility index (Phi) is 6.81. The Morgan fingerprint density at radius 3 is 2.31 bits per heavy atom. The van der Waals surface area contributed by atoms with Gasteiger partial charge in [-0.2, -0.15) is 5.10 Å². The number of carbonyl (C=O) groups excluding carboxylic acids is 2. The van der Waals surface area contributed by atoms with Gasteiger partial charge in [0.15, 0.2) is 0 Å². The zero-order valence-corrected chi connectivity index (χ0v) is 19.8. The van der Waals surface area contributed by atoms with Gasteiger partial charge < -0.3 is 16.0 Å². The van der Waals surface area contributed by atoms with E-state index in [1.54, 1.807) is 54.9 Å². The van der Waals surface area contributed by atoms with Gasteiger partial charge in [-0.05, 0) is 69.0 Å². The summed E-state index contributed by atoms with van der Waals surface area (Å²) in [4.78, 5) is 37.8. The summed E-state index contributed by atoms with van der Waals surface area (Å²) in [5, 5.41) is 18.5. The maximum absolute atomic E-state index is 13.0. The molecule has 0 saturated carbocycles. The number of nitrogens with two attached hydrogens (primary N) is 1. The number of rotatable bonds is 7. The Bertz CT molecular complexity index is 1280. The van der Waals surface area contributed by atoms with Gasteiger partial charge in [0.25, 0.3) is 5.91 Å². The average molecular weight is 477 g/mol. The average Bonchev–Trinajstić information content (AvgIpc) is 3.12. The monoisotopic (exact) mass is 476 g/mol. The number of nitro groups is 1. The molecule has 0 aliphatic carbocycles. The van der Waals surface area contributed by atoms with Crippen LogP contribution in [0.15, 0.2) is 42.5 Å². The quantitative estimate of drug-likeness (QED) is 0.393. The minimum absolute atomic E-state index is 0.0173. The second-order valence-electron chi connectivity index (χ2n) is 8.73. The molecule has 182 valence electrons. The molecular weight excluding hydrogens is 448 g/mol. The normalized spacial score (nSPS) is 13.5. The lowest BCUT2D eigenvalue weighted by molar-refractivity contribution is -0.386. The van der Waals surface area contributed by atoms with Crippen molar-refractivity contribution in [1.29, 1.82) is 0 Å². The van der Waals surface area contributed by atoms with Crippen molar-refractivity contribution >= 4 is 28.9 Å². The molecule has 0 atom stereocenters. The SMILES string of the molecule is Cc1nn(Cc2ccc(C(=O)Nc3cc(C(N)=O)ccc3N3CCCCC3)cc2)c(C)c1[N+](=O)[O-]. The number of nitrogens with one attached hydrogen (secondary N) is 1. The number of carbonyl (C=O) groups is 2. The molecule has 1 aliphatic heterocycles. The van der Waals surface area contributed by atoms with E-state index in [1.165, 1.54) is 6.42 Å². The van der Waals surface area contributed by atoms with E-state index in [0.29, 0.717) is 34.7 Å². The predicted octanol–water partition coefficient (Wildman–Crippen LogP) is 3.80. The van der Waals surface area contributed by atoms with Crippen LogP contribution in [-0.4, -0.2) is 39.6 Å². The summed E-state index contributed by atoms with van der Waals surface area (Å²) in [5.74, 6) is -0.863. The number of piperidine rings is 1. The van der Waals surface area contributed by atoms with E-state index < -0.39 is 10.8 Å². The van der Waals surface area contributed by atoms with E-state index in [2.05, 4.69) is 15.3 Å². The van der Waals surface area contributed by atoms with Crippen molar-refractivity contribution in [3.8, 4) is 0 Å². The molecule has 4 rings (SSSR count). The van der Waals surface area contributed by atoms with Gasteiger partial charge in [-0.15, -0.1) is 0 Å². The number of aryl methyl sites for hydroxylation is 1. The molecule has 1 saturated heterocycles. The number of hydrogen-bond donors (Lipinski definition) is 2. The maximum atomic E-state index is 13.0. The molecule has 0 bridgehead atoms. The van der Waals surface area contributed by atoms with Crippen LogP contribution in [-0.2, 0) is 6.54 Å². The molecule has 2 aromatic carbocycles. The molecule has 3 aromatic rings. The predicted molar refractivity (Wildman–Crippen MR) is 133 cm³/mol. The summed E-state index contributed by atoms with van der Waals surface area (Å²) in [6, 6.07) is 12.1. The number of nitrogens with zero attached hydrogens (tertiary/aromatic N) is 4. The van der Waals surface area contributed by atoms with E-state index in [-0.39, 0.29) is 11.6 Å². The molecule has 10 nitrogen and oxygen atoms in total. The van der Waals surface area contributed by atoms with Gasteiger partial charge in [0.1, 0.15) is 11.4 Å². The molecule has 2 amide bonds. The Morgan fingerprint density at radius 1 is 1.06 bits per heavy atom. The molecule has 1 aliphatic rings. The van der Waals surface area contributed by atoms with Crippen LogP contribution in [0, 0.1) is 24.0 Å². The lowest BCUT2D eigenvalue weighted by Crippen LogP contribution is -2.30. The number of primary amides is 1. The molecule has 0 spiro atoms. The first kappa shape index (κ1) is 23.9. The molecule has 3 N–H and O–H groups in total. The largest absolute Gasteiger partial charge is 0.370 e. The van der Waals surface area contributed by atoms with Gasteiger partial charge in [-0.25, -0.2) is 0 Å². The topological polar surface area (TPSA) is 136 Å². The molecule has 1 fully saturated rings. The zero-order valence-electron chi connectivity index (χ0n) is 19.8. The molecule has 2 heterocycles. The van der Waals surface area contributed by atoms with Crippen LogP contribution in [0.2, 0.25) is 0 Å². The van der Waals surface area contributed by atoms with E-state index in [1.807, 2.05) is 6.07 Å². The Hall–Kier alpha value is -4.21. The molecule has 0 unspecified atom stereocenters. The minimum atomic E-state index is -0.556. The first-order chi connectivity index (χ1) is 16.7. The number of amides is 2. The van der Waals surface area contributed by atoms with Crippen molar-refractivity contribution in [3.05, 3.63) is 80.7 Å². The maximum Gasteiger partial charge on any atom is 0.312 e. The van der Waals surface area contributed by atoms with E-state index in [0.717, 1.165) is 37.2 Å². The van der Waals surface area contributed by atoms with Crippen molar-refractivity contribution in [2.24, 2.45) is 5.73 Å². The first-order valence-electron chi connectivity index (χ1n) is 11.5. The van der Waals surface area contributed by atoms with Gasteiger partial charge in [0.05, 0.1) is 22.8 Å². The third-order valence-corrected chi connectivity index (χ3v) is 6.30. The van der Waals surface area contributed by atoms with Crippen LogP contribution in [0.1, 0.15) is 56.9 Å². The fourth-order valence-corrected chi connectivity index (χ4v) is 4.43. The van der Waals surface area contributed by atoms with Gasteiger partial charge in [0, 0.05) is 24.2 Å². The smallest absolute Gasteiger partial charge is 0.312 e. The van der Waals surface area contributed by atoms with Crippen molar-refractivity contribution in [2.75, 3.05) is 23.3 Å². The summed E-state index contributed by atoms with van der Waals surface area (Å²) in [6.07, 6.45) is 3.32. The van der Waals surface area contributed by atoms with Crippen LogP contribution in [0.4, 0.5) is 17.1 Å². The highest BCUT2D eigenvalue weighted by molar-refractivity contribution is 6.07. The van der Waals surface area contributed by atoms with Gasteiger partial charge in [-0.3, -0.25) is 24.4 Å². The third-order valence-electron chi connectivity index (χ3n) is 6.30. The fraction of sp³-hybridized carbons (Fsp3) is 0.320. The van der Waals surface area contributed by atoms with Crippen molar-refractivity contribution in [3.63, 3.8) is 0 Å². The van der Waals surface area contributed by atoms with Gasteiger partial charge >= 0.3 is 5.69 Å². The minimum Gasteiger partial charge on any atom is -0.370 e. The second kappa shape index (κ2) is 9.96. The number of hydrogen-bond acceptors (Lipinski definition) is 6. The highest BCUT2D eigenvalue weighted by Gasteiger charge is 2.22. The molecular formula is C25H28N6O4. The third kappa shape index (κ3) is 5.16. The molecule has 0 radical (unpaired) electrons. The second-order valence-corrected chi connectivity index (χ2v) is 8.73. The first-order valence-corrected chi connectivity index (χ1v) is 11.5. The Labute approximate surface area is 202 Å². The summed E-state index contributed by atoms with van der Waals surface area (Å²) in [7, 11) is 0. The van der Waals surface area contributed by atoms with Crippen molar-refractivity contribution in [1.82, 2.24) is 9.78 Å². The lowest BCUT2D eigenvalue weighted by atomic mass is 10.1. The van der Waals surface area contributed by atoms with Crippen LogP contribution >= 0.6 is 0 Å². The van der Waals surface area contributed by atoms with Crippen LogP contribution in [0.5, 0.6) is 0 Å². The molecule has 1 aromatic heterocycles. The van der Waals surface area contributed by atoms with Crippen molar-refractivity contribution in [2.45, 2.75) is 39.7 Å². The van der Waals surface area contributed by atoms with E-state index in [9.17, 15) is 19.7 Å². The molecule has 35 heavy (non-hydrogen) atoms. The van der Waals surface area contributed by atoms with Crippen LogP contribution in [0.25, 0.3) is 0 Å². The highest BCUT2D eigenvalue weighted by Crippen LogP contribution is 2.30. The number of anilines is 2. The van der Waals surface area contributed by atoms with Crippen LogP contribution < -0.4 is 16.0 Å². The van der Waals surface area contributed by atoms with E-state index in [4.69, 9.17) is 5.73 Å². The Morgan fingerprint density at radius 2 is 1.71 bits per heavy atom. The Balaban J connectivity index is 1.53. The number of benzene rings is 2. The van der Waals surface area contributed by atoms with Gasteiger partial charge in [0.2, 0.25) is 5.91 Å². The van der Waals surface area contributed by atoms with Crippen molar-refractivity contribution < 1.29 is 14.5 Å². The lowest BCUT2D eigenvalue weighted by Gasteiger charge is -2.30. The fourth-order valence-electron chi connectivity index (χ4n) is 4.43. The highest BCUT2D eigenvalue weighted by atomic mass is 16.6. The van der Waals surface area contributed by atoms with Crippen LogP contribution in [0.3, 0.4) is 0 Å². The standard InChI is InChI=1S/C25H28N6O4/c1-16-23(31(34)35)17(2)30(28-16)15-18-6-8-19(9-7-18)25(33)27-21-14-20(24(26)32)10-11-22(21)29-12-4-3-5-13-29/h6-11,14H,3-5,12-13,15H2,1-2H3,(H2,26,32)(H,27,33). The molecule has 10 heteroatoms.